The van der Waals surface area contributed by atoms with Gasteiger partial charge in [0.2, 0.25) is 0 Å². The summed E-state index contributed by atoms with van der Waals surface area (Å²) < 4.78 is 15.3. The summed E-state index contributed by atoms with van der Waals surface area (Å²) in [6, 6.07) is 19.9. The Labute approximate surface area is 142 Å². The minimum Gasteiger partial charge on any atom is -0.296 e. The lowest BCUT2D eigenvalue weighted by molar-refractivity contribution is 0.694. The number of benzene rings is 2. The summed E-state index contributed by atoms with van der Waals surface area (Å²) in [6.45, 7) is 2.08. The van der Waals surface area contributed by atoms with Gasteiger partial charge in [0.05, 0.1) is 0 Å². The Bertz CT molecular complexity index is 808. The Kier molecular flexibility index (Phi) is 5.10. The van der Waals surface area contributed by atoms with E-state index in [0.29, 0.717) is 0 Å². The first-order valence-corrected chi connectivity index (χ1v) is 9.63. The summed E-state index contributed by atoms with van der Waals surface area (Å²) in [6.07, 6.45) is 3.40. The number of aryl methyl sites for hydroxylation is 1. The van der Waals surface area contributed by atoms with Gasteiger partial charge >= 0.3 is 0 Å². The maximum absolute atomic E-state index is 12.2. The van der Waals surface area contributed by atoms with E-state index in [1.165, 1.54) is 16.4 Å². The van der Waals surface area contributed by atoms with Crippen molar-refractivity contribution in [2.75, 3.05) is 4.72 Å². The van der Waals surface area contributed by atoms with Crippen LogP contribution in [-0.2, 0) is 10.0 Å². The second-order valence-corrected chi connectivity index (χ2v) is 7.72. The Morgan fingerprint density at radius 3 is 2.61 bits per heavy atom. The fourth-order valence-electron chi connectivity index (χ4n) is 2.22. The molecule has 23 heavy (non-hydrogen) atoms. The number of pyridine rings is 1. The van der Waals surface area contributed by atoms with E-state index in [1.54, 1.807) is 12.4 Å². The number of rotatable bonds is 5. The van der Waals surface area contributed by atoms with Crippen LogP contribution in [0.3, 0.4) is 0 Å². The van der Waals surface area contributed by atoms with Crippen molar-refractivity contribution in [3.05, 3.63) is 78.6 Å². The zero-order valence-electron chi connectivity index (χ0n) is 12.6. The van der Waals surface area contributed by atoms with Crippen LogP contribution in [-0.4, -0.2) is 9.19 Å². The smallest absolute Gasteiger partial charge is 0.184 e. The standard InChI is InChI=1S/C18H16N2OS2/c1-14-9-10-16(12-18(14)15-6-3-2-4-7-15)20-23(21)22-17-8-5-11-19-13-17/h2-13,20H,1H3. The fraction of sp³-hybridized carbons (Fsp3) is 0.0556. The molecule has 0 fully saturated rings. The zero-order valence-corrected chi connectivity index (χ0v) is 14.2. The predicted molar refractivity (Wildman–Crippen MR) is 98.5 cm³/mol. The van der Waals surface area contributed by atoms with Crippen molar-refractivity contribution in [2.24, 2.45) is 0 Å². The summed E-state index contributed by atoms with van der Waals surface area (Å²) in [4.78, 5) is 4.90. The van der Waals surface area contributed by atoms with Crippen LogP contribution >= 0.6 is 10.8 Å². The maximum atomic E-state index is 12.2. The van der Waals surface area contributed by atoms with Crippen LogP contribution < -0.4 is 4.72 Å². The number of nitrogens with zero attached hydrogens (tertiary/aromatic N) is 1. The van der Waals surface area contributed by atoms with E-state index >= 15 is 0 Å². The quantitative estimate of drug-likeness (QED) is 0.676. The molecular weight excluding hydrogens is 324 g/mol. The monoisotopic (exact) mass is 340 g/mol. The summed E-state index contributed by atoms with van der Waals surface area (Å²) in [7, 11) is -0.0237. The molecule has 2 aromatic carbocycles. The summed E-state index contributed by atoms with van der Waals surface area (Å²) in [5, 5.41) is 0. The summed E-state index contributed by atoms with van der Waals surface area (Å²) in [5.41, 5.74) is 4.31. The van der Waals surface area contributed by atoms with Crippen LogP contribution in [0.5, 0.6) is 0 Å². The van der Waals surface area contributed by atoms with Gasteiger partial charge in [-0.05, 0) is 58.7 Å². The lowest BCUT2D eigenvalue weighted by atomic mass is 10.0. The molecule has 0 bridgehead atoms. The van der Waals surface area contributed by atoms with Gasteiger partial charge in [-0.2, -0.15) is 0 Å². The molecule has 0 amide bonds. The van der Waals surface area contributed by atoms with Crippen molar-refractivity contribution in [2.45, 2.75) is 11.8 Å². The molecule has 116 valence electrons. The van der Waals surface area contributed by atoms with Crippen LogP contribution in [0.15, 0.2) is 78.0 Å². The van der Waals surface area contributed by atoms with Gasteiger partial charge in [0.15, 0.2) is 10.0 Å². The minimum absolute atomic E-state index is 0.837. The van der Waals surface area contributed by atoms with E-state index in [9.17, 15) is 4.21 Å². The van der Waals surface area contributed by atoms with Gasteiger partial charge in [-0.3, -0.25) is 9.71 Å². The summed E-state index contributed by atoms with van der Waals surface area (Å²) >= 11 is 0. The molecular formula is C18H16N2OS2. The van der Waals surface area contributed by atoms with Crippen molar-refractivity contribution in [1.82, 2.24) is 4.98 Å². The topological polar surface area (TPSA) is 42.0 Å². The molecule has 0 spiro atoms. The highest BCUT2D eigenvalue weighted by molar-refractivity contribution is 8.69. The third kappa shape index (κ3) is 4.21. The fourth-order valence-corrected chi connectivity index (χ4v) is 4.22. The first-order valence-electron chi connectivity index (χ1n) is 7.15. The third-order valence-corrected chi connectivity index (χ3v) is 5.60. The number of nitrogens with one attached hydrogen (secondary N) is 1. The predicted octanol–water partition coefficient (Wildman–Crippen LogP) is 4.84. The molecule has 1 N–H and O–H groups in total. The van der Waals surface area contributed by atoms with E-state index in [4.69, 9.17) is 0 Å². The Morgan fingerprint density at radius 1 is 1.04 bits per heavy atom. The Morgan fingerprint density at radius 2 is 1.87 bits per heavy atom. The highest BCUT2D eigenvalue weighted by atomic mass is 33.1. The molecule has 5 heteroatoms. The van der Waals surface area contributed by atoms with Gasteiger partial charge in [-0.1, -0.05) is 36.4 Å². The normalized spacial score (nSPS) is 11.9. The van der Waals surface area contributed by atoms with Crippen LogP contribution in [0.4, 0.5) is 5.69 Å². The lowest BCUT2D eigenvalue weighted by Gasteiger charge is -2.10. The average molecular weight is 340 g/mol. The van der Waals surface area contributed by atoms with Gasteiger partial charge in [0.25, 0.3) is 0 Å². The first kappa shape index (κ1) is 15.8. The maximum Gasteiger partial charge on any atom is 0.184 e. The molecule has 3 aromatic rings. The van der Waals surface area contributed by atoms with Crippen molar-refractivity contribution in [1.29, 1.82) is 0 Å². The average Bonchev–Trinajstić information content (AvgIpc) is 2.58. The van der Waals surface area contributed by atoms with E-state index in [-0.39, 0.29) is 0 Å². The molecule has 0 aliphatic rings. The van der Waals surface area contributed by atoms with Crippen LogP contribution in [0.25, 0.3) is 11.1 Å². The minimum atomic E-state index is -1.27. The van der Waals surface area contributed by atoms with Crippen molar-refractivity contribution < 1.29 is 4.21 Å². The van der Waals surface area contributed by atoms with E-state index < -0.39 is 10.0 Å². The van der Waals surface area contributed by atoms with Crippen molar-refractivity contribution in [3.63, 3.8) is 0 Å². The highest BCUT2D eigenvalue weighted by Crippen LogP contribution is 2.28. The Hall–Kier alpha value is -2.11. The van der Waals surface area contributed by atoms with Crippen LogP contribution in [0.2, 0.25) is 0 Å². The molecule has 1 aromatic heterocycles. The molecule has 1 atom stereocenters. The summed E-state index contributed by atoms with van der Waals surface area (Å²) in [5.74, 6) is 0. The Balaban J connectivity index is 1.77. The molecule has 0 saturated heterocycles. The van der Waals surface area contributed by atoms with Crippen molar-refractivity contribution >= 4 is 26.5 Å². The molecule has 1 heterocycles. The number of anilines is 1. The molecule has 0 radical (unpaired) electrons. The second kappa shape index (κ2) is 7.44. The van der Waals surface area contributed by atoms with Gasteiger partial charge in [0, 0.05) is 23.0 Å². The van der Waals surface area contributed by atoms with E-state index in [1.807, 2.05) is 48.5 Å². The van der Waals surface area contributed by atoms with Gasteiger partial charge in [-0.15, -0.1) is 0 Å². The van der Waals surface area contributed by atoms with Gasteiger partial charge in [0.1, 0.15) is 0 Å². The molecule has 3 nitrogen and oxygen atoms in total. The number of aromatic nitrogens is 1. The first-order chi connectivity index (χ1) is 11.2. The van der Waals surface area contributed by atoms with Gasteiger partial charge < -0.3 is 0 Å². The second-order valence-electron chi connectivity index (χ2n) is 5.00. The van der Waals surface area contributed by atoms with Crippen LogP contribution in [0, 0.1) is 6.92 Å². The lowest BCUT2D eigenvalue weighted by Crippen LogP contribution is -2.00. The van der Waals surface area contributed by atoms with Crippen molar-refractivity contribution in [3.8, 4) is 11.1 Å². The molecule has 0 aliphatic carbocycles. The number of hydrogen-bond acceptors (Lipinski definition) is 3. The number of hydrogen-bond donors (Lipinski definition) is 1. The molecule has 1 unspecified atom stereocenters. The highest BCUT2D eigenvalue weighted by Gasteiger charge is 2.07. The van der Waals surface area contributed by atoms with E-state index in [2.05, 4.69) is 28.8 Å². The van der Waals surface area contributed by atoms with Gasteiger partial charge in [-0.25, -0.2) is 4.21 Å². The van der Waals surface area contributed by atoms with Crippen LogP contribution in [0.1, 0.15) is 5.56 Å². The molecule has 0 aliphatic heterocycles. The molecule has 3 rings (SSSR count). The van der Waals surface area contributed by atoms with E-state index in [0.717, 1.165) is 21.7 Å². The molecule has 0 saturated carbocycles. The third-order valence-electron chi connectivity index (χ3n) is 3.33. The largest absolute Gasteiger partial charge is 0.296 e. The zero-order chi connectivity index (χ0) is 16.1. The SMILES string of the molecule is Cc1ccc(NS(=O)Sc2cccnc2)cc1-c1ccccc1.